The second kappa shape index (κ2) is 7.02. The van der Waals surface area contributed by atoms with Crippen molar-refractivity contribution in [2.75, 3.05) is 6.54 Å². The van der Waals surface area contributed by atoms with Crippen molar-refractivity contribution < 1.29 is 4.39 Å². The molecule has 0 saturated heterocycles. The third-order valence-electron chi connectivity index (χ3n) is 4.62. The fourth-order valence-corrected chi connectivity index (χ4v) is 3.45. The average molecular weight is 370 g/mol. The molecule has 0 aliphatic carbocycles. The lowest BCUT2D eigenvalue weighted by molar-refractivity contribution is 0.238. The number of halogens is 2. The molecular formula is C20H17ClFN3O. The van der Waals surface area contributed by atoms with Crippen LogP contribution in [0.1, 0.15) is 16.8 Å². The minimum Gasteiger partial charge on any atom is -0.306 e. The van der Waals surface area contributed by atoms with Crippen LogP contribution in [0.25, 0.3) is 11.4 Å². The molecule has 1 aliphatic rings. The van der Waals surface area contributed by atoms with E-state index in [2.05, 4.69) is 9.97 Å². The van der Waals surface area contributed by atoms with Gasteiger partial charge in [-0.25, -0.2) is 9.37 Å². The van der Waals surface area contributed by atoms with Crippen molar-refractivity contribution in [3.63, 3.8) is 0 Å². The van der Waals surface area contributed by atoms with Crippen LogP contribution in [0.2, 0.25) is 5.02 Å². The highest BCUT2D eigenvalue weighted by molar-refractivity contribution is 6.30. The number of hydrogen-bond donors (Lipinski definition) is 1. The van der Waals surface area contributed by atoms with Crippen LogP contribution in [0.4, 0.5) is 4.39 Å². The Bertz CT molecular complexity index is 1000. The first-order valence-corrected chi connectivity index (χ1v) is 8.82. The molecule has 0 unspecified atom stereocenters. The van der Waals surface area contributed by atoms with Crippen molar-refractivity contribution >= 4 is 11.6 Å². The van der Waals surface area contributed by atoms with Gasteiger partial charge in [-0.3, -0.25) is 9.69 Å². The Balaban J connectivity index is 1.60. The van der Waals surface area contributed by atoms with Crippen LogP contribution in [0, 0.1) is 5.82 Å². The van der Waals surface area contributed by atoms with E-state index in [1.165, 1.54) is 6.07 Å². The maximum absolute atomic E-state index is 14.1. The third-order valence-corrected chi connectivity index (χ3v) is 4.91. The fraction of sp³-hybridized carbons (Fsp3) is 0.200. The van der Waals surface area contributed by atoms with Gasteiger partial charge < -0.3 is 4.98 Å². The Labute approximate surface area is 155 Å². The second-order valence-electron chi connectivity index (χ2n) is 6.38. The standard InChI is InChI=1S/C20H17ClFN3O/c21-16-8-4-7-14(18(16)22)11-25-10-9-17-15(12-25)20(26)24-19(23-17)13-5-2-1-3-6-13/h1-8H,9-12H2,(H,23,24,26). The number of fused-ring (bicyclic) bond motifs is 1. The molecule has 2 heterocycles. The van der Waals surface area contributed by atoms with E-state index in [0.717, 1.165) is 11.3 Å². The molecule has 0 fully saturated rings. The molecule has 0 bridgehead atoms. The topological polar surface area (TPSA) is 49.0 Å². The number of H-pyrrole nitrogens is 1. The molecular weight excluding hydrogens is 353 g/mol. The zero-order chi connectivity index (χ0) is 18.1. The highest BCUT2D eigenvalue weighted by atomic mass is 35.5. The predicted octanol–water partition coefficient (Wildman–Crippen LogP) is 3.79. The Kier molecular flexibility index (Phi) is 4.57. The molecule has 1 aliphatic heterocycles. The SMILES string of the molecule is O=c1[nH]c(-c2ccccc2)nc2c1CN(Cc1cccc(Cl)c1F)CC2. The molecule has 132 valence electrons. The van der Waals surface area contributed by atoms with Gasteiger partial charge in [-0.15, -0.1) is 0 Å². The van der Waals surface area contributed by atoms with Crippen LogP contribution in [-0.2, 0) is 19.5 Å². The second-order valence-corrected chi connectivity index (χ2v) is 6.79. The van der Waals surface area contributed by atoms with Gasteiger partial charge in [0.2, 0.25) is 0 Å². The van der Waals surface area contributed by atoms with E-state index < -0.39 is 5.82 Å². The van der Waals surface area contributed by atoms with E-state index in [-0.39, 0.29) is 10.6 Å². The highest BCUT2D eigenvalue weighted by Crippen LogP contribution is 2.23. The van der Waals surface area contributed by atoms with Crippen molar-refractivity contribution in [2.24, 2.45) is 0 Å². The average Bonchev–Trinajstić information content (AvgIpc) is 2.66. The zero-order valence-corrected chi connectivity index (χ0v) is 14.8. The molecule has 3 aromatic rings. The van der Waals surface area contributed by atoms with Crippen molar-refractivity contribution in [3.8, 4) is 11.4 Å². The molecule has 1 aromatic heterocycles. The third kappa shape index (κ3) is 3.28. The summed E-state index contributed by atoms with van der Waals surface area (Å²) >= 11 is 5.85. The number of aromatic amines is 1. The van der Waals surface area contributed by atoms with Crippen molar-refractivity contribution in [1.29, 1.82) is 0 Å². The lowest BCUT2D eigenvalue weighted by Crippen LogP contribution is -2.35. The van der Waals surface area contributed by atoms with Crippen LogP contribution >= 0.6 is 11.6 Å². The molecule has 4 rings (SSSR count). The number of nitrogens with zero attached hydrogens (tertiary/aromatic N) is 2. The minimum absolute atomic E-state index is 0.118. The van der Waals surface area contributed by atoms with Crippen molar-refractivity contribution in [2.45, 2.75) is 19.5 Å². The van der Waals surface area contributed by atoms with Crippen LogP contribution in [0.15, 0.2) is 53.3 Å². The minimum atomic E-state index is -0.397. The van der Waals surface area contributed by atoms with Crippen LogP contribution in [0.3, 0.4) is 0 Å². The summed E-state index contributed by atoms with van der Waals surface area (Å²) in [5, 5.41) is 0.118. The van der Waals surface area contributed by atoms with Gasteiger partial charge in [0.25, 0.3) is 5.56 Å². The lowest BCUT2D eigenvalue weighted by atomic mass is 10.1. The molecule has 1 N–H and O–H groups in total. The van der Waals surface area contributed by atoms with Gasteiger partial charge >= 0.3 is 0 Å². The van der Waals surface area contributed by atoms with E-state index in [0.29, 0.717) is 43.0 Å². The summed E-state index contributed by atoms with van der Waals surface area (Å²) in [5.41, 5.74) is 2.75. The largest absolute Gasteiger partial charge is 0.306 e. The summed E-state index contributed by atoms with van der Waals surface area (Å²) in [6, 6.07) is 14.6. The molecule has 2 aromatic carbocycles. The molecule has 0 amide bonds. The number of aromatic nitrogens is 2. The van der Waals surface area contributed by atoms with Crippen LogP contribution < -0.4 is 5.56 Å². The van der Waals surface area contributed by atoms with Gasteiger partial charge in [-0.2, -0.15) is 0 Å². The fourth-order valence-electron chi connectivity index (χ4n) is 3.26. The monoisotopic (exact) mass is 369 g/mol. The smallest absolute Gasteiger partial charge is 0.255 e. The Morgan fingerprint density at radius 3 is 2.77 bits per heavy atom. The number of nitrogens with one attached hydrogen (secondary N) is 1. The first-order chi connectivity index (χ1) is 12.6. The Morgan fingerprint density at radius 1 is 1.15 bits per heavy atom. The zero-order valence-electron chi connectivity index (χ0n) is 14.0. The number of hydrogen-bond acceptors (Lipinski definition) is 3. The summed E-state index contributed by atoms with van der Waals surface area (Å²) in [4.78, 5) is 22.1. The summed E-state index contributed by atoms with van der Waals surface area (Å²) < 4.78 is 14.1. The first-order valence-electron chi connectivity index (χ1n) is 8.44. The lowest BCUT2D eigenvalue weighted by Gasteiger charge is -2.28. The molecule has 26 heavy (non-hydrogen) atoms. The number of rotatable bonds is 3. The molecule has 6 heteroatoms. The summed E-state index contributed by atoms with van der Waals surface area (Å²) in [5.74, 6) is 0.190. The van der Waals surface area contributed by atoms with Gasteiger partial charge in [0, 0.05) is 37.2 Å². The van der Waals surface area contributed by atoms with Crippen LogP contribution in [-0.4, -0.2) is 21.4 Å². The number of benzene rings is 2. The molecule has 0 saturated carbocycles. The molecule has 0 atom stereocenters. The normalized spacial score (nSPS) is 14.2. The molecule has 0 radical (unpaired) electrons. The van der Waals surface area contributed by atoms with Gasteiger partial charge in [0.1, 0.15) is 11.6 Å². The van der Waals surface area contributed by atoms with E-state index in [4.69, 9.17) is 11.6 Å². The summed E-state index contributed by atoms with van der Waals surface area (Å²) in [6.07, 6.45) is 0.654. The van der Waals surface area contributed by atoms with Gasteiger partial charge in [-0.1, -0.05) is 54.1 Å². The summed E-state index contributed by atoms with van der Waals surface area (Å²) in [7, 11) is 0. The maximum atomic E-state index is 14.1. The first kappa shape index (κ1) is 16.9. The van der Waals surface area contributed by atoms with E-state index in [1.807, 2.05) is 35.2 Å². The summed E-state index contributed by atoms with van der Waals surface area (Å²) in [6.45, 7) is 1.56. The molecule has 0 spiro atoms. The van der Waals surface area contributed by atoms with Gasteiger partial charge in [0.05, 0.1) is 16.3 Å². The molecule has 4 nitrogen and oxygen atoms in total. The maximum Gasteiger partial charge on any atom is 0.255 e. The van der Waals surface area contributed by atoms with Crippen LogP contribution in [0.5, 0.6) is 0 Å². The predicted molar refractivity (Wildman–Crippen MR) is 99.5 cm³/mol. The van der Waals surface area contributed by atoms with E-state index >= 15 is 0 Å². The van der Waals surface area contributed by atoms with Crippen molar-refractivity contribution in [3.05, 3.63) is 86.5 Å². The van der Waals surface area contributed by atoms with E-state index in [9.17, 15) is 9.18 Å². The van der Waals surface area contributed by atoms with Crippen molar-refractivity contribution in [1.82, 2.24) is 14.9 Å². The Hall–Kier alpha value is -2.50. The highest BCUT2D eigenvalue weighted by Gasteiger charge is 2.22. The Morgan fingerprint density at radius 2 is 1.96 bits per heavy atom. The van der Waals surface area contributed by atoms with Gasteiger partial charge in [-0.05, 0) is 6.07 Å². The quantitative estimate of drug-likeness (QED) is 0.764. The van der Waals surface area contributed by atoms with Gasteiger partial charge in [0.15, 0.2) is 0 Å². The van der Waals surface area contributed by atoms with E-state index in [1.54, 1.807) is 12.1 Å².